The largest absolute Gasteiger partial charge is 0.462 e. The number of amides is 1. The molecule has 0 aromatic carbocycles. The zero-order valence-electron chi connectivity index (χ0n) is 11.2. The number of β-amino-alcohol motifs (C(OH)–C–C–N with tert-alkyl or cyclic N) is 1. The highest BCUT2D eigenvalue weighted by Gasteiger charge is 2.33. The Morgan fingerprint density at radius 3 is 3.15 bits per heavy atom. The van der Waals surface area contributed by atoms with Crippen molar-refractivity contribution in [1.29, 1.82) is 0 Å². The van der Waals surface area contributed by atoms with Crippen molar-refractivity contribution < 1.29 is 14.3 Å². The Hall–Kier alpha value is -1.66. The fourth-order valence-corrected chi connectivity index (χ4v) is 3.11. The van der Waals surface area contributed by atoms with E-state index in [9.17, 15) is 9.90 Å². The van der Waals surface area contributed by atoms with Crippen LogP contribution in [0, 0.1) is 0 Å². The standard InChI is InChI=1S/C14H16N2O3S/c1-14(18)4-5-16(9-14)12(17)7-10-8-20-13(15-10)11-3-2-6-19-11/h2-3,6,8,18H,4-5,7,9H2,1H3. The molecule has 1 aliphatic rings. The third-order valence-electron chi connectivity index (χ3n) is 3.42. The Bertz CT molecular complexity index is 604. The Morgan fingerprint density at radius 1 is 1.65 bits per heavy atom. The number of thiazole rings is 1. The van der Waals surface area contributed by atoms with Crippen LogP contribution < -0.4 is 0 Å². The first kappa shape index (κ1) is 13.3. The number of hydrogen-bond donors (Lipinski definition) is 1. The average molecular weight is 292 g/mol. The second kappa shape index (κ2) is 5.03. The van der Waals surface area contributed by atoms with Gasteiger partial charge in [0.2, 0.25) is 5.91 Å². The minimum Gasteiger partial charge on any atom is -0.462 e. The molecule has 1 unspecified atom stereocenters. The molecule has 0 radical (unpaired) electrons. The van der Waals surface area contributed by atoms with E-state index in [-0.39, 0.29) is 12.3 Å². The number of nitrogens with zero attached hydrogens (tertiary/aromatic N) is 2. The third kappa shape index (κ3) is 2.76. The number of carbonyl (C=O) groups is 1. The van der Waals surface area contributed by atoms with Gasteiger partial charge in [0.25, 0.3) is 0 Å². The lowest BCUT2D eigenvalue weighted by molar-refractivity contribution is -0.130. The van der Waals surface area contributed by atoms with Crippen LogP contribution in [0.25, 0.3) is 10.8 Å². The van der Waals surface area contributed by atoms with Crippen LogP contribution in [0.15, 0.2) is 28.2 Å². The summed E-state index contributed by atoms with van der Waals surface area (Å²) >= 11 is 1.47. The van der Waals surface area contributed by atoms with Gasteiger partial charge in [-0.2, -0.15) is 0 Å². The quantitative estimate of drug-likeness (QED) is 0.938. The summed E-state index contributed by atoms with van der Waals surface area (Å²) in [5, 5.41) is 12.6. The molecule has 5 nitrogen and oxygen atoms in total. The molecule has 1 fully saturated rings. The van der Waals surface area contributed by atoms with E-state index in [1.807, 2.05) is 17.5 Å². The molecule has 3 rings (SSSR count). The van der Waals surface area contributed by atoms with Gasteiger partial charge in [-0.3, -0.25) is 4.79 Å². The molecule has 106 valence electrons. The monoisotopic (exact) mass is 292 g/mol. The highest BCUT2D eigenvalue weighted by Crippen LogP contribution is 2.25. The fourth-order valence-electron chi connectivity index (χ4n) is 2.33. The molecular weight excluding hydrogens is 276 g/mol. The number of likely N-dealkylation sites (tertiary alicyclic amines) is 1. The van der Waals surface area contributed by atoms with Gasteiger partial charge < -0.3 is 14.4 Å². The maximum Gasteiger partial charge on any atom is 0.228 e. The maximum absolute atomic E-state index is 12.2. The highest BCUT2D eigenvalue weighted by atomic mass is 32.1. The van der Waals surface area contributed by atoms with Crippen molar-refractivity contribution in [1.82, 2.24) is 9.88 Å². The predicted molar refractivity (Wildman–Crippen MR) is 75.3 cm³/mol. The van der Waals surface area contributed by atoms with Gasteiger partial charge in [0, 0.05) is 18.5 Å². The molecule has 1 amide bonds. The molecule has 1 N–H and O–H groups in total. The first-order valence-electron chi connectivity index (χ1n) is 6.52. The topological polar surface area (TPSA) is 66.6 Å². The first-order valence-corrected chi connectivity index (χ1v) is 7.40. The van der Waals surface area contributed by atoms with Gasteiger partial charge in [0.1, 0.15) is 0 Å². The van der Waals surface area contributed by atoms with E-state index in [1.54, 1.807) is 18.1 Å². The van der Waals surface area contributed by atoms with E-state index in [2.05, 4.69) is 4.98 Å². The SMILES string of the molecule is CC1(O)CCN(C(=O)Cc2csc(-c3ccco3)n2)C1. The molecule has 2 aromatic heterocycles. The van der Waals surface area contributed by atoms with Crippen LogP contribution in [0.4, 0.5) is 0 Å². The van der Waals surface area contributed by atoms with Crippen LogP contribution in [0.2, 0.25) is 0 Å². The molecule has 6 heteroatoms. The summed E-state index contributed by atoms with van der Waals surface area (Å²) < 4.78 is 5.28. The smallest absolute Gasteiger partial charge is 0.228 e. The van der Waals surface area contributed by atoms with Crippen molar-refractivity contribution in [2.24, 2.45) is 0 Å². The van der Waals surface area contributed by atoms with Crippen molar-refractivity contribution in [2.75, 3.05) is 13.1 Å². The average Bonchev–Trinajstić information content (AvgIpc) is 3.07. The predicted octanol–water partition coefficient (Wildman–Crippen LogP) is 1.93. The lowest BCUT2D eigenvalue weighted by Gasteiger charge is -2.18. The van der Waals surface area contributed by atoms with Gasteiger partial charge in [-0.15, -0.1) is 11.3 Å². The molecule has 0 bridgehead atoms. The summed E-state index contributed by atoms with van der Waals surface area (Å²) in [7, 11) is 0. The second-order valence-electron chi connectivity index (χ2n) is 5.36. The summed E-state index contributed by atoms with van der Waals surface area (Å²) in [4.78, 5) is 18.3. The van der Waals surface area contributed by atoms with E-state index >= 15 is 0 Å². The fraction of sp³-hybridized carbons (Fsp3) is 0.429. The summed E-state index contributed by atoms with van der Waals surface area (Å²) in [5.41, 5.74) is -0.00482. The zero-order valence-corrected chi connectivity index (χ0v) is 12.0. The van der Waals surface area contributed by atoms with E-state index in [0.717, 1.165) is 16.5 Å². The number of rotatable bonds is 3. The van der Waals surface area contributed by atoms with Crippen LogP contribution >= 0.6 is 11.3 Å². The van der Waals surface area contributed by atoms with Crippen LogP contribution in [-0.4, -0.2) is 39.6 Å². The van der Waals surface area contributed by atoms with Crippen molar-refractivity contribution in [3.63, 3.8) is 0 Å². The van der Waals surface area contributed by atoms with Gasteiger partial charge in [-0.05, 0) is 25.5 Å². The number of furan rings is 1. The molecule has 1 atom stereocenters. The van der Waals surface area contributed by atoms with Crippen LogP contribution in [0.5, 0.6) is 0 Å². The lowest BCUT2D eigenvalue weighted by Crippen LogP contribution is -2.34. The second-order valence-corrected chi connectivity index (χ2v) is 6.22. The number of carbonyl (C=O) groups excluding carboxylic acids is 1. The normalized spacial score (nSPS) is 22.4. The summed E-state index contributed by atoms with van der Waals surface area (Å²) in [6, 6.07) is 3.66. The zero-order chi connectivity index (χ0) is 14.2. The molecule has 20 heavy (non-hydrogen) atoms. The van der Waals surface area contributed by atoms with Crippen LogP contribution in [0.1, 0.15) is 19.0 Å². The van der Waals surface area contributed by atoms with Gasteiger partial charge in [-0.1, -0.05) is 0 Å². The van der Waals surface area contributed by atoms with Gasteiger partial charge in [-0.25, -0.2) is 4.98 Å². The highest BCUT2D eigenvalue weighted by molar-refractivity contribution is 7.13. The molecular formula is C14H16N2O3S. The van der Waals surface area contributed by atoms with Gasteiger partial charge in [0.15, 0.2) is 10.8 Å². The third-order valence-corrected chi connectivity index (χ3v) is 4.33. The van der Waals surface area contributed by atoms with E-state index in [1.165, 1.54) is 11.3 Å². The van der Waals surface area contributed by atoms with Crippen molar-refractivity contribution in [3.8, 4) is 10.8 Å². The maximum atomic E-state index is 12.2. The number of aliphatic hydroxyl groups is 1. The molecule has 3 heterocycles. The Labute approximate surface area is 120 Å². The Kier molecular flexibility index (Phi) is 3.35. The Balaban J connectivity index is 1.65. The van der Waals surface area contributed by atoms with Crippen LogP contribution in [0.3, 0.4) is 0 Å². The Morgan fingerprint density at radius 2 is 2.50 bits per heavy atom. The van der Waals surface area contributed by atoms with E-state index < -0.39 is 5.60 Å². The van der Waals surface area contributed by atoms with Crippen molar-refractivity contribution in [3.05, 3.63) is 29.5 Å². The van der Waals surface area contributed by atoms with Gasteiger partial charge >= 0.3 is 0 Å². The molecule has 2 aromatic rings. The summed E-state index contributed by atoms with van der Waals surface area (Å²) in [6.45, 7) is 2.78. The molecule has 1 aliphatic heterocycles. The number of aromatic nitrogens is 1. The molecule has 0 saturated carbocycles. The minimum absolute atomic E-state index is 0.0130. The van der Waals surface area contributed by atoms with Crippen LogP contribution in [-0.2, 0) is 11.2 Å². The summed E-state index contributed by atoms with van der Waals surface area (Å²) in [6.07, 6.45) is 2.51. The molecule has 0 spiro atoms. The number of hydrogen-bond acceptors (Lipinski definition) is 5. The van der Waals surface area contributed by atoms with E-state index in [0.29, 0.717) is 19.5 Å². The molecule has 0 aliphatic carbocycles. The van der Waals surface area contributed by atoms with E-state index in [4.69, 9.17) is 4.42 Å². The minimum atomic E-state index is -0.753. The molecule has 1 saturated heterocycles. The first-order chi connectivity index (χ1) is 9.53. The van der Waals surface area contributed by atoms with Crippen molar-refractivity contribution >= 4 is 17.2 Å². The lowest BCUT2D eigenvalue weighted by atomic mass is 10.1. The summed E-state index contributed by atoms with van der Waals surface area (Å²) in [5.74, 6) is 0.733. The van der Waals surface area contributed by atoms with Gasteiger partial charge in [0.05, 0.1) is 24.0 Å². The van der Waals surface area contributed by atoms with Crippen molar-refractivity contribution in [2.45, 2.75) is 25.4 Å².